The number of likely N-dealkylation sites (N-methyl/N-ethyl adjacent to an activating group) is 1. The molecular formula is C15H21F3N2. The fourth-order valence-corrected chi connectivity index (χ4v) is 2.85. The fraction of sp³-hybridized carbons (Fsp3) is 0.600. The van der Waals surface area contributed by atoms with Gasteiger partial charge in [-0.05, 0) is 36.6 Å². The number of benzene rings is 1. The van der Waals surface area contributed by atoms with Crippen molar-refractivity contribution in [3.63, 3.8) is 0 Å². The third kappa shape index (κ3) is 4.21. The van der Waals surface area contributed by atoms with E-state index in [1.807, 2.05) is 6.07 Å². The molecule has 2 nitrogen and oxygen atoms in total. The summed E-state index contributed by atoms with van der Waals surface area (Å²) in [6.07, 6.45) is -1.56. The van der Waals surface area contributed by atoms with Crippen LogP contribution in [-0.4, -0.2) is 43.5 Å². The van der Waals surface area contributed by atoms with Crippen molar-refractivity contribution in [3.8, 4) is 0 Å². The van der Waals surface area contributed by atoms with Crippen molar-refractivity contribution in [3.05, 3.63) is 35.6 Å². The Morgan fingerprint density at radius 3 is 2.80 bits per heavy atom. The van der Waals surface area contributed by atoms with Gasteiger partial charge in [0.2, 0.25) is 0 Å². The predicted molar refractivity (Wildman–Crippen MR) is 73.7 cm³/mol. The van der Waals surface area contributed by atoms with Crippen LogP contribution in [0.5, 0.6) is 0 Å². The zero-order valence-electron chi connectivity index (χ0n) is 11.7. The summed E-state index contributed by atoms with van der Waals surface area (Å²) in [4.78, 5) is 2.22. The average Bonchev–Trinajstić information content (AvgIpc) is 2.44. The molecule has 112 valence electrons. The summed E-state index contributed by atoms with van der Waals surface area (Å²) in [5, 5.41) is 2.91. The minimum absolute atomic E-state index is 0.0333. The lowest BCUT2D eigenvalue weighted by molar-refractivity contribution is 0.122. The van der Waals surface area contributed by atoms with E-state index in [-0.39, 0.29) is 24.3 Å². The molecule has 2 rings (SSSR count). The van der Waals surface area contributed by atoms with Gasteiger partial charge in [0.1, 0.15) is 5.82 Å². The van der Waals surface area contributed by atoms with Crippen molar-refractivity contribution in [2.45, 2.75) is 31.7 Å². The molecule has 1 saturated heterocycles. The molecule has 1 N–H and O–H groups in total. The number of likely N-dealkylation sites (tertiary alicyclic amines) is 1. The van der Waals surface area contributed by atoms with Crippen molar-refractivity contribution in [1.29, 1.82) is 0 Å². The molecule has 0 bridgehead atoms. The van der Waals surface area contributed by atoms with E-state index in [0.29, 0.717) is 0 Å². The largest absolute Gasteiger partial charge is 0.307 e. The first kappa shape index (κ1) is 15.3. The summed E-state index contributed by atoms with van der Waals surface area (Å²) in [6, 6.07) is 6.63. The Labute approximate surface area is 118 Å². The van der Waals surface area contributed by atoms with Gasteiger partial charge in [-0.15, -0.1) is 0 Å². The maximum Gasteiger partial charge on any atom is 0.250 e. The van der Waals surface area contributed by atoms with E-state index in [4.69, 9.17) is 0 Å². The molecule has 20 heavy (non-hydrogen) atoms. The number of nitrogens with one attached hydrogen (secondary N) is 1. The van der Waals surface area contributed by atoms with E-state index in [1.54, 1.807) is 12.1 Å². The van der Waals surface area contributed by atoms with Gasteiger partial charge in [0.15, 0.2) is 0 Å². The Kier molecular flexibility index (Phi) is 5.43. The van der Waals surface area contributed by atoms with Gasteiger partial charge in [0.05, 0.1) is 6.54 Å². The van der Waals surface area contributed by atoms with Gasteiger partial charge in [-0.2, -0.15) is 0 Å². The highest BCUT2D eigenvalue weighted by Crippen LogP contribution is 2.27. The smallest absolute Gasteiger partial charge is 0.250 e. The van der Waals surface area contributed by atoms with E-state index in [9.17, 15) is 13.2 Å². The number of halogens is 3. The van der Waals surface area contributed by atoms with Crippen LogP contribution in [0.3, 0.4) is 0 Å². The van der Waals surface area contributed by atoms with Gasteiger partial charge < -0.3 is 10.2 Å². The van der Waals surface area contributed by atoms with Crippen LogP contribution >= 0.6 is 0 Å². The Balaban J connectivity index is 2.04. The van der Waals surface area contributed by atoms with Crippen LogP contribution in [0.1, 0.15) is 24.8 Å². The fourth-order valence-electron chi connectivity index (χ4n) is 2.85. The minimum Gasteiger partial charge on any atom is -0.307 e. The van der Waals surface area contributed by atoms with E-state index in [1.165, 1.54) is 6.07 Å². The van der Waals surface area contributed by atoms with Crippen LogP contribution in [0.4, 0.5) is 13.2 Å². The maximum absolute atomic E-state index is 13.3. The first-order valence-electron chi connectivity index (χ1n) is 7.07. The summed E-state index contributed by atoms with van der Waals surface area (Å²) in [7, 11) is 0. The monoisotopic (exact) mass is 286 g/mol. The van der Waals surface area contributed by atoms with E-state index in [2.05, 4.69) is 17.1 Å². The number of piperidine rings is 1. The molecule has 0 spiro atoms. The molecule has 1 aliphatic heterocycles. The minimum atomic E-state index is -2.33. The molecule has 2 unspecified atom stereocenters. The quantitative estimate of drug-likeness (QED) is 0.895. The Hall–Kier alpha value is -1.07. The summed E-state index contributed by atoms with van der Waals surface area (Å²) in [5.41, 5.74) is 0.951. The van der Waals surface area contributed by atoms with Gasteiger partial charge in [-0.3, -0.25) is 0 Å². The van der Waals surface area contributed by atoms with Crippen LogP contribution in [0, 0.1) is 5.82 Å². The van der Waals surface area contributed by atoms with Crippen molar-refractivity contribution in [2.75, 3.05) is 26.2 Å². The molecule has 5 heteroatoms. The van der Waals surface area contributed by atoms with Crippen molar-refractivity contribution < 1.29 is 13.2 Å². The SMILES string of the molecule is CCN1CC(NCC(F)F)CC(c2cccc(F)c2)C1. The predicted octanol–water partition coefficient (Wildman–Crippen LogP) is 2.86. The maximum atomic E-state index is 13.3. The molecule has 0 amide bonds. The van der Waals surface area contributed by atoms with Crippen LogP contribution in [0.25, 0.3) is 0 Å². The zero-order chi connectivity index (χ0) is 14.5. The second-order valence-corrected chi connectivity index (χ2v) is 5.34. The molecule has 2 atom stereocenters. The molecule has 0 aliphatic carbocycles. The molecule has 1 aliphatic rings. The highest BCUT2D eigenvalue weighted by molar-refractivity contribution is 5.22. The van der Waals surface area contributed by atoms with Crippen LogP contribution < -0.4 is 5.32 Å². The number of hydrogen-bond acceptors (Lipinski definition) is 2. The Bertz CT molecular complexity index is 425. The second-order valence-electron chi connectivity index (χ2n) is 5.34. The van der Waals surface area contributed by atoms with Gasteiger partial charge >= 0.3 is 0 Å². The molecule has 1 aromatic carbocycles. The molecule has 0 saturated carbocycles. The molecule has 1 aromatic rings. The lowest BCUT2D eigenvalue weighted by Gasteiger charge is -2.38. The van der Waals surface area contributed by atoms with Gasteiger partial charge in [0.25, 0.3) is 6.43 Å². The second kappa shape index (κ2) is 7.09. The highest BCUT2D eigenvalue weighted by atomic mass is 19.3. The van der Waals surface area contributed by atoms with Gasteiger partial charge in [0, 0.05) is 19.1 Å². The van der Waals surface area contributed by atoms with Crippen molar-refractivity contribution >= 4 is 0 Å². The van der Waals surface area contributed by atoms with E-state index < -0.39 is 6.43 Å². The first-order chi connectivity index (χ1) is 9.58. The topological polar surface area (TPSA) is 15.3 Å². The lowest BCUT2D eigenvalue weighted by Crippen LogP contribution is -2.49. The summed E-state index contributed by atoms with van der Waals surface area (Å²) in [5.74, 6) is -0.0530. The van der Waals surface area contributed by atoms with E-state index >= 15 is 0 Å². The number of hydrogen-bond donors (Lipinski definition) is 1. The normalized spacial score (nSPS) is 24.2. The van der Waals surface area contributed by atoms with Gasteiger partial charge in [-0.1, -0.05) is 19.1 Å². The Morgan fingerprint density at radius 1 is 1.35 bits per heavy atom. The average molecular weight is 286 g/mol. The van der Waals surface area contributed by atoms with Gasteiger partial charge in [-0.25, -0.2) is 13.2 Å². The number of nitrogens with zero attached hydrogens (tertiary/aromatic N) is 1. The van der Waals surface area contributed by atoms with Crippen molar-refractivity contribution in [1.82, 2.24) is 10.2 Å². The summed E-state index contributed by atoms with van der Waals surface area (Å²) < 4.78 is 38.0. The number of alkyl halides is 2. The first-order valence-corrected chi connectivity index (χ1v) is 7.07. The van der Waals surface area contributed by atoms with Crippen LogP contribution in [0.2, 0.25) is 0 Å². The molecular weight excluding hydrogens is 265 g/mol. The molecule has 0 radical (unpaired) electrons. The van der Waals surface area contributed by atoms with Crippen LogP contribution in [0.15, 0.2) is 24.3 Å². The van der Waals surface area contributed by atoms with Crippen LogP contribution in [-0.2, 0) is 0 Å². The van der Waals surface area contributed by atoms with E-state index in [0.717, 1.165) is 31.6 Å². The molecule has 1 heterocycles. The summed E-state index contributed by atoms with van der Waals surface area (Å²) in [6.45, 7) is 4.27. The standard InChI is InChI=1S/C15H21F3N2/c1-2-20-9-12(11-4-3-5-13(16)6-11)7-14(10-20)19-8-15(17)18/h3-6,12,14-15,19H,2,7-10H2,1H3. The van der Waals surface area contributed by atoms with Crippen molar-refractivity contribution in [2.24, 2.45) is 0 Å². The zero-order valence-corrected chi connectivity index (χ0v) is 11.7. The summed E-state index contributed by atoms with van der Waals surface area (Å²) >= 11 is 0. The third-order valence-electron chi connectivity index (χ3n) is 3.85. The Morgan fingerprint density at radius 2 is 2.15 bits per heavy atom. The highest BCUT2D eigenvalue weighted by Gasteiger charge is 2.27. The lowest BCUT2D eigenvalue weighted by atomic mass is 9.88. The third-order valence-corrected chi connectivity index (χ3v) is 3.85. The molecule has 0 aromatic heterocycles. The number of rotatable bonds is 5. The molecule has 1 fully saturated rings.